The van der Waals surface area contributed by atoms with Crippen LogP contribution in [-0.4, -0.2) is 62.3 Å². The molecule has 0 spiro atoms. The number of sulfonamides is 1. The molecule has 14 heteroatoms. The quantitative estimate of drug-likeness (QED) is 0.239. The van der Waals surface area contributed by atoms with Crippen molar-refractivity contribution in [1.82, 2.24) is 4.90 Å². The minimum absolute atomic E-state index is 0.0477. The Morgan fingerprint density at radius 2 is 1.70 bits per heavy atom. The average molecular weight is 663 g/mol. The Morgan fingerprint density at radius 1 is 1.05 bits per heavy atom. The van der Waals surface area contributed by atoms with E-state index in [0.717, 1.165) is 22.5 Å². The highest BCUT2D eigenvalue weighted by Crippen LogP contribution is 2.40. The predicted octanol–water partition coefficient (Wildman–Crippen LogP) is 7.23. The van der Waals surface area contributed by atoms with Crippen molar-refractivity contribution in [1.29, 1.82) is 0 Å². The number of anilines is 1. The van der Waals surface area contributed by atoms with Crippen LogP contribution < -0.4 is 9.04 Å². The number of hydrogen-bond donors (Lipinski definition) is 1. The lowest BCUT2D eigenvalue weighted by atomic mass is 9.98. The van der Waals surface area contributed by atoms with Gasteiger partial charge < -0.3 is 19.5 Å². The van der Waals surface area contributed by atoms with Crippen molar-refractivity contribution in [2.45, 2.75) is 76.0 Å². The Labute approximate surface area is 260 Å². The topological polar surface area (TPSA) is 113 Å². The van der Waals surface area contributed by atoms with Gasteiger partial charge in [-0.25, -0.2) is 13.2 Å². The highest BCUT2D eigenvalue weighted by molar-refractivity contribution is 7.93. The fraction of sp³-hybridized carbons (Fsp3) is 0.533. The molecule has 0 radical (unpaired) electrons. The Hall–Kier alpha value is -3.19. The third-order valence-corrected chi connectivity index (χ3v) is 9.27. The number of nitrogens with zero attached hydrogens (tertiary/aromatic N) is 2. The Morgan fingerprint density at radius 3 is 2.30 bits per heavy atom. The number of carbonyl (C=O) groups excluding carboxylic acids is 1. The summed E-state index contributed by atoms with van der Waals surface area (Å²) in [6, 6.07) is 8.30. The van der Waals surface area contributed by atoms with E-state index in [1.165, 1.54) is 24.3 Å². The van der Waals surface area contributed by atoms with Crippen molar-refractivity contribution < 1.29 is 45.8 Å². The minimum Gasteiger partial charge on any atom is -0.491 e. The van der Waals surface area contributed by atoms with Crippen LogP contribution in [-0.2, 0) is 25.7 Å². The molecule has 0 aromatic heterocycles. The van der Waals surface area contributed by atoms with Gasteiger partial charge in [0.05, 0.1) is 22.9 Å². The first-order valence-electron chi connectivity index (χ1n) is 14.3. The molecule has 2 aromatic rings. The Bertz CT molecular complexity index is 1410. The molecule has 1 aliphatic rings. The Balaban J connectivity index is 1.89. The lowest BCUT2D eigenvalue weighted by Crippen LogP contribution is -2.42. The maximum Gasteiger partial charge on any atom is 0.416 e. The standard InChI is InChI=1S/C30H38ClF3N2O7S/c1-29(2,3)43-28(39)35-17-14-21(15-18-35)20-42-25-13-12-22(30(32,33)34)19-24(25)36(16-8-4-5-11-27(37)38)44(40,41)26-10-7-6-9-23(26)31/h6-7,9-10,12-13,19,21H,4-5,8,11,14-18,20H2,1-3H3,(H,37,38). The number of amides is 1. The van der Waals surface area contributed by atoms with E-state index in [1.807, 2.05) is 0 Å². The zero-order valence-electron chi connectivity index (χ0n) is 24.9. The summed E-state index contributed by atoms with van der Waals surface area (Å²) >= 11 is 6.22. The van der Waals surface area contributed by atoms with Crippen LogP contribution in [0.25, 0.3) is 0 Å². The lowest BCUT2D eigenvalue weighted by Gasteiger charge is -2.33. The van der Waals surface area contributed by atoms with Crippen LogP contribution in [0.4, 0.5) is 23.7 Å². The number of carboxylic acids is 1. The molecular weight excluding hydrogens is 625 g/mol. The van der Waals surface area contributed by atoms with E-state index < -0.39 is 39.4 Å². The van der Waals surface area contributed by atoms with Gasteiger partial charge >= 0.3 is 18.2 Å². The average Bonchev–Trinajstić information content (AvgIpc) is 2.92. The number of piperidine rings is 1. The van der Waals surface area contributed by atoms with Crippen LogP contribution in [0.3, 0.4) is 0 Å². The number of carboxylic acid groups (broad SMARTS) is 1. The number of alkyl halides is 3. The first-order valence-corrected chi connectivity index (χ1v) is 16.1. The molecular formula is C30H38ClF3N2O7S. The smallest absolute Gasteiger partial charge is 0.416 e. The molecule has 0 aliphatic carbocycles. The summed E-state index contributed by atoms with van der Waals surface area (Å²) < 4.78 is 81.6. The summed E-state index contributed by atoms with van der Waals surface area (Å²) in [5, 5.41) is 8.83. The number of ether oxygens (including phenoxy) is 2. The second kappa shape index (κ2) is 14.7. The summed E-state index contributed by atoms with van der Waals surface area (Å²) in [4.78, 5) is 24.6. The van der Waals surface area contributed by atoms with Gasteiger partial charge in [-0.15, -0.1) is 0 Å². The number of carbonyl (C=O) groups is 2. The van der Waals surface area contributed by atoms with E-state index in [2.05, 4.69) is 0 Å². The van der Waals surface area contributed by atoms with Crippen LogP contribution in [0.5, 0.6) is 5.75 Å². The molecule has 244 valence electrons. The third kappa shape index (κ3) is 9.91. The van der Waals surface area contributed by atoms with Crippen molar-refractivity contribution in [3.05, 3.63) is 53.1 Å². The molecule has 1 aliphatic heterocycles. The van der Waals surface area contributed by atoms with Gasteiger partial charge in [0.25, 0.3) is 10.0 Å². The van der Waals surface area contributed by atoms with Gasteiger partial charge in [0.2, 0.25) is 0 Å². The molecule has 1 amide bonds. The molecule has 9 nitrogen and oxygen atoms in total. The number of rotatable bonds is 12. The lowest BCUT2D eigenvalue weighted by molar-refractivity contribution is -0.138. The number of hydrogen-bond acceptors (Lipinski definition) is 6. The van der Waals surface area contributed by atoms with Crippen LogP contribution >= 0.6 is 11.6 Å². The first kappa shape index (κ1) is 35.3. The largest absolute Gasteiger partial charge is 0.491 e. The maximum atomic E-state index is 13.9. The monoisotopic (exact) mass is 662 g/mol. The molecule has 1 N–H and O–H groups in total. The normalized spacial score (nSPS) is 14.8. The van der Waals surface area contributed by atoms with Crippen molar-refractivity contribution in [2.75, 3.05) is 30.5 Å². The molecule has 0 saturated carbocycles. The number of halogens is 4. The SMILES string of the molecule is CC(C)(C)OC(=O)N1CCC(COc2ccc(C(F)(F)F)cc2N(CCCCCC(=O)O)S(=O)(=O)c2ccccc2Cl)CC1. The molecule has 1 saturated heterocycles. The van der Waals surface area contributed by atoms with Gasteiger partial charge in [-0.2, -0.15) is 13.2 Å². The predicted molar refractivity (Wildman–Crippen MR) is 160 cm³/mol. The fourth-order valence-electron chi connectivity index (χ4n) is 4.68. The van der Waals surface area contributed by atoms with E-state index in [0.29, 0.717) is 32.4 Å². The number of likely N-dealkylation sites (tertiary alicyclic amines) is 1. The molecule has 44 heavy (non-hydrogen) atoms. The minimum atomic E-state index is -4.76. The third-order valence-electron chi connectivity index (χ3n) is 6.95. The van der Waals surface area contributed by atoms with E-state index in [-0.39, 0.29) is 59.7 Å². The highest BCUT2D eigenvalue weighted by Gasteiger charge is 2.35. The molecule has 1 heterocycles. The van der Waals surface area contributed by atoms with E-state index in [9.17, 15) is 31.2 Å². The van der Waals surface area contributed by atoms with Crippen LogP contribution in [0.1, 0.15) is 64.9 Å². The summed E-state index contributed by atoms with van der Waals surface area (Å²) in [6.45, 7) is 5.99. The second-order valence-corrected chi connectivity index (χ2v) is 13.9. The van der Waals surface area contributed by atoms with E-state index in [4.69, 9.17) is 26.2 Å². The van der Waals surface area contributed by atoms with Crippen LogP contribution in [0.2, 0.25) is 5.02 Å². The number of benzene rings is 2. The van der Waals surface area contributed by atoms with Crippen molar-refractivity contribution in [3.63, 3.8) is 0 Å². The number of unbranched alkanes of at least 4 members (excludes halogenated alkanes) is 2. The van der Waals surface area contributed by atoms with Crippen LogP contribution in [0.15, 0.2) is 47.4 Å². The van der Waals surface area contributed by atoms with Gasteiger partial charge in [-0.3, -0.25) is 9.10 Å². The molecule has 0 bridgehead atoms. The van der Waals surface area contributed by atoms with Gasteiger partial charge in [0.15, 0.2) is 0 Å². The summed E-state index contributed by atoms with van der Waals surface area (Å²) in [6.07, 6.45) is -3.43. The highest BCUT2D eigenvalue weighted by atomic mass is 35.5. The summed E-state index contributed by atoms with van der Waals surface area (Å²) in [7, 11) is -4.47. The van der Waals surface area contributed by atoms with Crippen molar-refractivity contribution in [3.8, 4) is 5.75 Å². The molecule has 1 fully saturated rings. The maximum absolute atomic E-state index is 13.9. The molecule has 3 rings (SSSR count). The van der Waals surface area contributed by atoms with Crippen molar-refractivity contribution in [2.24, 2.45) is 5.92 Å². The Kier molecular flexibility index (Phi) is 11.8. The van der Waals surface area contributed by atoms with E-state index in [1.54, 1.807) is 25.7 Å². The molecule has 0 atom stereocenters. The number of aliphatic carboxylic acids is 1. The molecule has 2 aromatic carbocycles. The summed E-state index contributed by atoms with van der Waals surface area (Å²) in [5.74, 6) is -1.11. The fourth-order valence-corrected chi connectivity index (χ4v) is 6.68. The van der Waals surface area contributed by atoms with Crippen molar-refractivity contribution >= 4 is 39.4 Å². The van der Waals surface area contributed by atoms with Gasteiger partial charge in [0.1, 0.15) is 16.2 Å². The second-order valence-electron chi connectivity index (χ2n) is 11.6. The van der Waals surface area contributed by atoms with Gasteiger partial charge in [-0.1, -0.05) is 30.2 Å². The van der Waals surface area contributed by atoms with Gasteiger partial charge in [-0.05, 0) is 82.7 Å². The zero-order chi connectivity index (χ0) is 32.7. The molecule has 0 unspecified atom stereocenters. The zero-order valence-corrected chi connectivity index (χ0v) is 26.5. The van der Waals surface area contributed by atoms with Gasteiger partial charge in [0, 0.05) is 26.1 Å². The van der Waals surface area contributed by atoms with Crippen LogP contribution in [0, 0.1) is 5.92 Å². The first-order chi connectivity index (χ1) is 20.5. The van der Waals surface area contributed by atoms with E-state index >= 15 is 0 Å². The summed E-state index contributed by atoms with van der Waals surface area (Å²) in [5.41, 5.74) is -2.00.